The van der Waals surface area contributed by atoms with Crippen molar-refractivity contribution in [1.29, 1.82) is 0 Å². The van der Waals surface area contributed by atoms with Crippen LogP contribution in [0.25, 0.3) is 0 Å². The SMILES string of the molecule is O=C(COC(=O)C1(c2cccc(Cl)c2)CCCCC1)Nc1cccc(C(=O)NC2CC2)c1. The van der Waals surface area contributed by atoms with Crippen LogP contribution in [0, 0.1) is 0 Å². The van der Waals surface area contributed by atoms with Gasteiger partial charge >= 0.3 is 5.97 Å². The van der Waals surface area contributed by atoms with E-state index >= 15 is 0 Å². The van der Waals surface area contributed by atoms with Gasteiger partial charge in [0.25, 0.3) is 11.8 Å². The topological polar surface area (TPSA) is 84.5 Å². The lowest BCUT2D eigenvalue weighted by Gasteiger charge is -2.35. The molecule has 6 nitrogen and oxygen atoms in total. The van der Waals surface area contributed by atoms with E-state index in [0.717, 1.165) is 37.7 Å². The smallest absolute Gasteiger partial charge is 0.317 e. The van der Waals surface area contributed by atoms with Gasteiger partial charge in [0.15, 0.2) is 6.61 Å². The van der Waals surface area contributed by atoms with E-state index < -0.39 is 17.3 Å². The number of halogens is 1. The monoisotopic (exact) mass is 454 g/mol. The average Bonchev–Trinajstić information content (AvgIpc) is 3.62. The number of esters is 1. The van der Waals surface area contributed by atoms with Crippen LogP contribution in [-0.2, 0) is 19.7 Å². The van der Waals surface area contributed by atoms with E-state index in [1.54, 1.807) is 30.3 Å². The fourth-order valence-electron chi connectivity index (χ4n) is 4.25. The summed E-state index contributed by atoms with van der Waals surface area (Å²) in [4.78, 5) is 37.8. The normalized spacial score (nSPS) is 17.3. The number of amides is 2. The lowest BCUT2D eigenvalue weighted by atomic mass is 9.69. The van der Waals surface area contributed by atoms with Gasteiger partial charge in [0.2, 0.25) is 0 Å². The standard InChI is InChI=1S/C25H27ClN2O4/c26-19-8-5-7-18(15-19)25(12-2-1-3-13-25)24(31)32-16-22(29)27-21-9-4-6-17(14-21)23(30)28-20-10-11-20/h4-9,14-15,20H,1-3,10-13,16H2,(H,27,29)(H,28,30). The summed E-state index contributed by atoms with van der Waals surface area (Å²) in [6.07, 6.45) is 6.26. The van der Waals surface area contributed by atoms with Crippen LogP contribution in [-0.4, -0.2) is 30.4 Å². The fourth-order valence-corrected chi connectivity index (χ4v) is 4.44. The van der Waals surface area contributed by atoms with Crippen molar-refractivity contribution in [3.63, 3.8) is 0 Å². The molecule has 4 rings (SSSR count). The molecule has 2 aliphatic rings. The maximum Gasteiger partial charge on any atom is 0.317 e. The number of ether oxygens (including phenoxy) is 1. The second kappa shape index (κ2) is 9.74. The molecule has 2 N–H and O–H groups in total. The van der Waals surface area contributed by atoms with Crippen molar-refractivity contribution in [2.24, 2.45) is 0 Å². The maximum absolute atomic E-state index is 13.1. The van der Waals surface area contributed by atoms with E-state index in [2.05, 4.69) is 10.6 Å². The molecule has 0 unspecified atom stereocenters. The summed E-state index contributed by atoms with van der Waals surface area (Å²) in [6, 6.07) is 14.3. The minimum absolute atomic E-state index is 0.157. The number of rotatable bonds is 7. The molecule has 32 heavy (non-hydrogen) atoms. The Morgan fingerprint density at radius 3 is 2.47 bits per heavy atom. The van der Waals surface area contributed by atoms with Crippen molar-refractivity contribution in [3.05, 3.63) is 64.7 Å². The predicted molar refractivity (Wildman–Crippen MR) is 123 cm³/mol. The number of hydrogen-bond acceptors (Lipinski definition) is 4. The Labute approximate surface area is 192 Å². The third-order valence-corrected chi connectivity index (χ3v) is 6.37. The summed E-state index contributed by atoms with van der Waals surface area (Å²) in [5, 5.41) is 6.20. The summed E-state index contributed by atoms with van der Waals surface area (Å²) in [7, 11) is 0. The highest BCUT2D eigenvalue weighted by atomic mass is 35.5. The lowest BCUT2D eigenvalue weighted by Crippen LogP contribution is -2.40. The molecule has 0 atom stereocenters. The van der Waals surface area contributed by atoms with Crippen molar-refractivity contribution >= 4 is 35.1 Å². The van der Waals surface area contributed by atoms with Gasteiger partial charge in [-0.2, -0.15) is 0 Å². The molecule has 2 aromatic carbocycles. The summed E-state index contributed by atoms with van der Waals surface area (Å²) in [5.41, 5.74) is 1.03. The van der Waals surface area contributed by atoms with Crippen molar-refractivity contribution in [3.8, 4) is 0 Å². The highest BCUT2D eigenvalue weighted by Gasteiger charge is 2.43. The Hall–Kier alpha value is -2.86. The average molecular weight is 455 g/mol. The zero-order valence-electron chi connectivity index (χ0n) is 17.9. The minimum Gasteiger partial charge on any atom is -0.455 e. The second-order valence-corrected chi connectivity index (χ2v) is 9.04. The van der Waals surface area contributed by atoms with Crippen molar-refractivity contribution < 1.29 is 19.1 Å². The van der Waals surface area contributed by atoms with Crippen LogP contribution in [0.15, 0.2) is 48.5 Å². The Kier molecular flexibility index (Phi) is 6.80. The van der Waals surface area contributed by atoms with Gasteiger partial charge in [0, 0.05) is 22.3 Å². The second-order valence-electron chi connectivity index (χ2n) is 8.61. The predicted octanol–water partition coefficient (Wildman–Crippen LogP) is 4.62. The molecule has 7 heteroatoms. The molecule has 168 valence electrons. The molecule has 0 radical (unpaired) electrons. The van der Waals surface area contributed by atoms with Crippen LogP contribution in [0.3, 0.4) is 0 Å². The van der Waals surface area contributed by atoms with E-state index in [9.17, 15) is 14.4 Å². The highest BCUT2D eigenvalue weighted by Crippen LogP contribution is 2.41. The molecule has 0 aromatic heterocycles. The van der Waals surface area contributed by atoms with Crippen LogP contribution in [0.5, 0.6) is 0 Å². The van der Waals surface area contributed by atoms with Crippen LogP contribution < -0.4 is 10.6 Å². The first-order valence-corrected chi connectivity index (χ1v) is 11.5. The number of anilines is 1. The van der Waals surface area contributed by atoms with Crippen LogP contribution >= 0.6 is 11.6 Å². The number of hydrogen-bond donors (Lipinski definition) is 2. The van der Waals surface area contributed by atoms with E-state index in [0.29, 0.717) is 29.1 Å². The molecule has 2 saturated carbocycles. The Bertz CT molecular complexity index is 1010. The molecular weight excluding hydrogens is 428 g/mol. The van der Waals surface area contributed by atoms with Gasteiger partial charge in [-0.1, -0.05) is 49.1 Å². The number of carbonyl (C=O) groups is 3. The Morgan fingerprint density at radius 1 is 1.00 bits per heavy atom. The fraction of sp³-hybridized carbons (Fsp3) is 0.400. The van der Waals surface area contributed by atoms with E-state index in [1.807, 2.05) is 18.2 Å². The molecular formula is C25H27ClN2O4. The van der Waals surface area contributed by atoms with Crippen LogP contribution in [0.2, 0.25) is 5.02 Å². The molecule has 0 spiro atoms. The Balaban J connectivity index is 1.38. The first kappa shape index (κ1) is 22.3. The summed E-state index contributed by atoms with van der Waals surface area (Å²) in [5.74, 6) is -1.00. The van der Waals surface area contributed by atoms with Crippen LogP contribution in [0.4, 0.5) is 5.69 Å². The summed E-state index contributed by atoms with van der Waals surface area (Å²) >= 11 is 6.17. The van der Waals surface area contributed by atoms with E-state index in [1.165, 1.54) is 0 Å². The molecule has 0 saturated heterocycles. The van der Waals surface area contributed by atoms with Gasteiger partial charge in [-0.05, 0) is 61.6 Å². The van der Waals surface area contributed by atoms with Gasteiger partial charge in [-0.25, -0.2) is 0 Å². The largest absolute Gasteiger partial charge is 0.455 e. The molecule has 0 bridgehead atoms. The zero-order valence-corrected chi connectivity index (χ0v) is 18.6. The quantitative estimate of drug-likeness (QED) is 0.598. The number of carbonyl (C=O) groups excluding carboxylic acids is 3. The third kappa shape index (κ3) is 5.30. The lowest BCUT2D eigenvalue weighted by molar-refractivity contribution is -0.154. The maximum atomic E-state index is 13.1. The van der Waals surface area contributed by atoms with Crippen LogP contribution in [0.1, 0.15) is 60.9 Å². The first-order chi connectivity index (χ1) is 15.5. The molecule has 0 heterocycles. The summed E-state index contributed by atoms with van der Waals surface area (Å²) in [6.45, 7) is -0.389. The Morgan fingerprint density at radius 2 is 1.75 bits per heavy atom. The zero-order chi connectivity index (χ0) is 22.6. The van der Waals surface area contributed by atoms with Crippen molar-refractivity contribution in [1.82, 2.24) is 5.32 Å². The van der Waals surface area contributed by atoms with E-state index in [4.69, 9.17) is 16.3 Å². The van der Waals surface area contributed by atoms with E-state index in [-0.39, 0.29) is 18.6 Å². The minimum atomic E-state index is -0.774. The first-order valence-electron chi connectivity index (χ1n) is 11.1. The molecule has 2 amide bonds. The number of nitrogens with one attached hydrogen (secondary N) is 2. The number of benzene rings is 2. The summed E-state index contributed by atoms with van der Waals surface area (Å²) < 4.78 is 5.48. The van der Waals surface area contributed by atoms with Crippen molar-refractivity contribution in [2.75, 3.05) is 11.9 Å². The van der Waals surface area contributed by atoms with Gasteiger partial charge < -0.3 is 15.4 Å². The molecule has 2 fully saturated rings. The van der Waals surface area contributed by atoms with Gasteiger partial charge in [0.1, 0.15) is 0 Å². The van der Waals surface area contributed by atoms with Crippen molar-refractivity contribution in [2.45, 2.75) is 56.4 Å². The molecule has 2 aromatic rings. The van der Waals surface area contributed by atoms with Gasteiger partial charge in [-0.15, -0.1) is 0 Å². The van der Waals surface area contributed by atoms with Gasteiger partial charge in [-0.3, -0.25) is 14.4 Å². The third-order valence-electron chi connectivity index (χ3n) is 6.13. The molecule has 2 aliphatic carbocycles. The van der Waals surface area contributed by atoms with Gasteiger partial charge in [0.05, 0.1) is 5.41 Å². The highest BCUT2D eigenvalue weighted by molar-refractivity contribution is 6.30. The molecule has 0 aliphatic heterocycles.